The minimum Gasteiger partial charge on any atom is -0.372 e. The molecule has 0 bridgehead atoms. The number of hydrogen-bond acceptors (Lipinski definition) is 5. The number of anilines is 1. The van der Waals surface area contributed by atoms with E-state index in [0.717, 1.165) is 12.1 Å². The molecule has 8 nitrogen and oxygen atoms in total. The van der Waals surface area contributed by atoms with Gasteiger partial charge in [-0.15, -0.1) is 0 Å². The van der Waals surface area contributed by atoms with Crippen LogP contribution in [0.3, 0.4) is 0 Å². The Kier molecular flexibility index (Phi) is 5.28. The third-order valence-corrected chi connectivity index (χ3v) is 3.66. The number of rotatable bonds is 6. The number of ether oxygens (including phenoxy) is 2. The number of halogens is 3. The monoisotopic (exact) mass is 372 g/mol. The van der Waals surface area contributed by atoms with Gasteiger partial charge in [-0.25, -0.2) is 0 Å². The van der Waals surface area contributed by atoms with E-state index in [2.05, 4.69) is 25.3 Å². The average molecular weight is 372 g/mol. The van der Waals surface area contributed by atoms with E-state index in [0.29, 0.717) is 12.4 Å². The number of aromatic nitrogens is 4. The molecule has 141 valence electrons. The van der Waals surface area contributed by atoms with Crippen molar-refractivity contribution in [1.82, 2.24) is 20.0 Å². The minimum absolute atomic E-state index is 0.109. The SMILES string of the molecule is Cn1nc(COCC(F)(F)F)cc1C(=O)Nc1cc([C@H]2C[CH]CO2)[nH]n1. The van der Waals surface area contributed by atoms with Gasteiger partial charge in [0, 0.05) is 13.1 Å². The van der Waals surface area contributed by atoms with Gasteiger partial charge in [0.1, 0.15) is 12.3 Å². The molecule has 1 saturated heterocycles. The van der Waals surface area contributed by atoms with Gasteiger partial charge in [-0.1, -0.05) is 0 Å². The summed E-state index contributed by atoms with van der Waals surface area (Å²) in [5.41, 5.74) is 1.14. The standard InChI is InChI=1S/C15H17F3N5O3/c1-23-11(5-9(22-23)7-25-8-15(16,17)18)14(24)19-13-6-10(20-21-13)12-3-2-4-26-12/h2,5-6,12H,3-4,7-8H2,1H3,(H2,19,20,21,24)/t12-/m1/s1. The van der Waals surface area contributed by atoms with Crippen LogP contribution in [0.25, 0.3) is 0 Å². The molecule has 1 fully saturated rings. The quantitative estimate of drug-likeness (QED) is 0.810. The number of hydrogen-bond donors (Lipinski definition) is 2. The Morgan fingerprint density at radius 1 is 1.50 bits per heavy atom. The molecule has 0 aromatic carbocycles. The van der Waals surface area contributed by atoms with Crippen molar-refractivity contribution in [3.05, 3.63) is 35.6 Å². The lowest BCUT2D eigenvalue weighted by atomic mass is 10.2. The molecule has 2 aromatic rings. The fourth-order valence-corrected chi connectivity index (χ4v) is 2.52. The van der Waals surface area contributed by atoms with Crippen LogP contribution in [0.2, 0.25) is 0 Å². The highest BCUT2D eigenvalue weighted by Crippen LogP contribution is 2.27. The molecule has 3 rings (SSSR count). The molecule has 2 aromatic heterocycles. The molecular formula is C15H17F3N5O3. The van der Waals surface area contributed by atoms with Crippen molar-refractivity contribution in [3.8, 4) is 0 Å². The third-order valence-electron chi connectivity index (χ3n) is 3.66. The van der Waals surface area contributed by atoms with Crippen LogP contribution in [0.4, 0.5) is 19.0 Å². The van der Waals surface area contributed by atoms with Crippen LogP contribution in [0, 0.1) is 6.42 Å². The molecule has 0 aliphatic carbocycles. The van der Waals surface area contributed by atoms with Crippen molar-refractivity contribution in [2.24, 2.45) is 7.05 Å². The maximum Gasteiger partial charge on any atom is 0.411 e. The number of alkyl halides is 3. The van der Waals surface area contributed by atoms with Gasteiger partial charge in [0.15, 0.2) is 5.82 Å². The second-order valence-corrected chi connectivity index (χ2v) is 5.76. The summed E-state index contributed by atoms with van der Waals surface area (Å²) in [6.45, 7) is -1.15. The summed E-state index contributed by atoms with van der Waals surface area (Å²) >= 11 is 0. The van der Waals surface area contributed by atoms with Crippen LogP contribution < -0.4 is 5.32 Å². The van der Waals surface area contributed by atoms with Gasteiger partial charge in [0.2, 0.25) is 0 Å². The summed E-state index contributed by atoms with van der Waals surface area (Å²) in [7, 11) is 1.51. The fourth-order valence-electron chi connectivity index (χ4n) is 2.52. The Bertz CT molecular complexity index is 765. The molecule has 1 aliphatic heterocycles. The summed E-state index contributed by atoms with van der Waals surface area (Å²) in [6, 6.07) is 3.04. The smallest absolute Gasteiger partial charge is 0.372 e. The molecule has 1 aliphatic rings. The molecule has 0 unspecified atom stereocenters. The summed E-state index contributed by atoms with van der Waals surface area (Å²) in [5, 5.41) is 13.4. The van der Waals surface area contributed by atoms with Crippen molar-refractivity contribution < 1.29 is 27.4 Å². The molecule has 1 amide bonds. The maximum atomic E-state index is 12.3. The van der Waals surface area contributed by atoms with Gasteiger partial charge in [0.05, 0.1) is 30.7 Å². The maximum absolute atomic E-state index is 12.3. The number of amides is 1. The molecule has 26 heavy (non-hydrogen) atoms. The van der Waals surface area contributed by atoms with Crippen molar-refractivity contribution >= 4 is 11.7 Å². The number of carbonyl (C=O) groups excluding carboxylic acids is 1. The number of aryl methyl sites for hydroxylation is 1. The number of carbonyl (C=O) groups is 1. The van der Waals surface area contributed by atoms with Crippen LogP contribution in [-0.4, -0.2) is 45.3 Å². The summed E-state index contributed by atoms with van der Waals surface area (Å²) in [4.78, 5) is 12.3. The largest absolute Gasteiger partial charge is 0.411 e. The highest BCUT2D eigenvalue weighted by molar-refractivity contribution is 6.02. The molecule has 0 spiro atoms. The lowest BCUT2D eigenvalue weighted by Gasteiger charge is -2.05. The van der Waals surface area contributed by atoms with Gasteiger partial charge in [-0.3, -0.25) is 14.6 Å². The summed E-state index contributed by atoms with van der Waals surface area (Å²) in [6.07, 6.45) is -1.75. The van der Waals surface area contributed by atoms with Crippen molar-refractivity contribution in [2.75, 3.05) is 18.5 Å². The molecule has 2 N–H and O–H groups in total. The Morgan fingerprint density at radius 3 is 3.00 bits per heavy atom. The molecule has 3 heterocycles. The zero-order valence-corrected chi connectivity index (χ0v) is 13.8. The number of aromatic amines is 1. The zero-order chi connectivity index (χ0) is 18.7. The van der Waals surface area contributed by atoms with Crippen LogP contribution in [0.1, 0.15) is 34.4 Å². The van der Waals surface area contributed by atoms with Crippen LogP contribution in [0.15, 0.2) is 12.1 Å². The third kappa shape index (κ3) is 4.61. The van der Waals surface area contributed by atoms with E-state index in [4.69, 9.17) is 4.74 Å². The first-order valence-corrected chi connectivity index (χ1v) is 7.79. The molecule has 1 radical (unpaired) electrons. The van der Waals surface area contributed by atoms with E-state index in [1.54, 1.807) is 6.07 Å². The van der Waals surface area contributed by atoms with E-state index in [1.165, 1.54) is 17.8 Å². The topological polar surface area (TPSA) is 94.1 Å². The fraction of sp³-hybridized carbons (Fsp3) is 0.467. The van der Waals surface area contributed by atoms with Crippen molar-refractivity contribution in [2.45, 2.75) is 25.3 Å². The Balaban J connectivity index is 1.59. The van der Waals surface area contributed by atoms with E-state index in [1.807, 2.05) is 6.42 Å². The summed E-state index contributed by atoms with van der Waals surface area (Å²) < 4.78 is 47.6. The van der Waals surface area contributed by atoms with Crippen molar-refractivity contribution in [3.63, 3.8) is 0 Å². The van der Waals surface area contributed by atoms with Gasteiger partial charge >= 0.3 is 6.18 Å². The number of H-pyrrole nitrogens is 1. The van der Waals surface area contributed by atoms with E-state index in [9.17, 15) is 18.0 Å². The predicted molar refractivity (Wildman–Crippen MR) is 83.1 cm³/mol. The molecular weight excluding hydrogens is 355 g/mol. The van der Waals surface area contributed by atoms with Gasteiger partial charge < -0.3 is 14.8 Å². The number of nitrogens with one attached hydrogen (secondary N) is 2. The average Bonchev–Trinajstić information content (AvgIpc) is 3.26. The molecule has 1 atom stereocenters. The Hall–Kier alpha value is -2.40. The predicted octanol–water partition coefficient (Wildman–Crippen LogP) is 2.14. The second-order valence-electron chi connectivity index (χ2n) is 5.76. The highest BCUT2D eigenvalue weighted by Gasteiger charge is 2.27. The van der Waals surface area contributed by atoms with Crippen molar-refractivity contribution in [1.29, 1.82) is 0 Å². The van der Waals surface area contributed by atoms with Gasteiger partial charge in [-0.2, -0.15) is 23.4 Å². The van der Waals surface area contributed by atoms with Crippen LogP contribution in [0.5, 0.6) is 0 Å². The lowest BCUT2D eigenvalue weighted by molar-refractivity contribution is -0.176. The number of nitrogens with zero attached hydrogens (tertiary/aromatic N) is 3. The summed E-state index contributed by atoms with van der Waals surface area (Å²) in [5.74, 6) is -0.171. The Labute approximate surface area is 146 Å². The van der Waals surface area contributed by atoms with E-state index < -0.39 is 18.7 Å². The van der Waals surface area contributed by atoms with Crippen LogP contribution >= 0.6 is 0 Å². The second kappa shape index (κ2) is 7.46. The minimum atomic E-state index is -4.41. The first kappa shape index (κ1) is 18.4. The van der Waals surface area contributed by atoms with E-state index >= 15 is 0 Å². The zero-order valence-electron chi connectivity index (χ0n) is 13.8. The first-order chi connectivity index (χ1) is 12.3. The Morgan fingerprint density at radius 2 is 2.31 bits per heavy atom. The van der Waals surface area contributed by atoms with Crippen LogP contribution in [-0.2, 0) is 23.1 Å². The van der Waals surface area contributed by atoms with Gasteiger partial charge in [-0.05, 0) is 18.9 Å². The first-order valence-electron chi connectivity index (χ1n) is 7.79. The highest BCUT2D eigenvalue weighted by atomic mass is 19.4. The normalized spacial score (nSPS) is 17.6. The lowest BCUT2D eigenvalue weighted by Crippen LogP contribution is -2.16. The molecule has 0 saturated carbocycles. The van der Waals surface area contributed by atoms with Gasteiger partial charge in [0.25, 0.3) is 5.91 Å². The van der Waals surface area contributed by atoms with E-state index in [-0.39, 0.29) is 24.1 Å². The molecule has 11 heteroatoms.